The fraction of sp³-hybridized carbons (Fsp3) is 0.400. The maximum atomic E-state index is 12.4. The second-order valence-corrected chi connectivity index (χ2v) is 7.67. The molecule has 122 valence electrons. The van der Waals surface area contributed by atoms with Crippen molar-refractivity contribution in [1.82, 2.24) is 14.7 Å². The molecule has 0 saturated carbocycles. The minimum absolute atomic E-state index is 0.00460. The first kappa shape index (κ1) is 17.0. The van der Waals surface area contributed by atoms with Gasteiger partial charge in [-0.2, -0.15) is 5.26 Å². The molecule has 1 atom stereocenters. The minimum atomic E-state index is -3.59. The molecular formula is C15H18N4O3S. The minimum Gasteiger partial charge on any atom is -0.335 e. The summed E-state index contributed by atoms with van der Waals surface area (Å²) in [6.07, 6.45) is 3.08. The lowest BCUT2D eigenvalue weighted by Crippen LogP contribution is -2.35. The fourth-order valence-corrected chi connectivity index (χ4v) is 3.05. The molecule has 2 rings (SSSR count). The number of sulfone groups is 1. The van der Waals surface area contributed by atoms with Crippen molar-refractivity contribution in [2.75, 3.05) is 6.26 Å². The van der Waals surface area contributed by atoms with Crippen LogP contribution in [0.3, 0.4) is 0 Å². The Hall–Kier alpha value is -2.40. The van der Waals surface area contributed by atoms with E-state index in [0.717, 1.165) is 6.26 Å². The van der Waals surface area contributed by atoms with Gasteiger partial charge in [-0.1, -0.05) is 19.9 Å². The summed E-state index contributed by atoms with van der Waals surface area (Å²) >= 11 is 0. The number of aromatic nitrogens is 2. The summed E-state index contributed by atoms with van der Waals surface area (Å²) in [5.41, 5.74) is 0.377. The lowest BCUT2D eigenvalue weighted by molar-refractivity contribution is 0.0939. The molecule has 0 aromatic carbocycles. The van der Waals surface area contributed by atoms with Crippen molar-refractivity contribution in [3.8, 4) is 6.07 Å². The maximum absolute atomic E-state index is 12.4. The van der Waals surface area contributed by atoms with Crippen LogP contribution in [-0.2, 0) is 9.84 Å². The standard InChI is InChI=1S/C15H18N4O3S/c1-10(2)8-11(9-16)17-14(20)13-12-6-4-5-7-19(12)15(18-13)23(3,21)22/h4-7,10-11H,8H2,1-3H3,(H,17,20)/t11-/m0/s1. The maximum Gasteiger partial charge on any atom is 0.273 e. The number of imidazole rings is 1. The summed E-state index contributed by atoms with van der Waals surface area (Å²) in [6.45, 7) is 3.90. The Kier molecular flexibility index (Phi) is 4.71. The number of nitrogens with one attached hydrogen (secondary N) is 1. The van der Waals surface area contributed by atoms with Crippen LogP contribution in [0, 0.1) is 17.2 Å². The number of carbonyl (C=O) groups is 1. The molecule has 0 aliphatic carbocycles. The number of hydrogen-bond acceptors (Lipinski definition) is 5. The van der Waals surface area contributed by atoms with Gasteiger partial charge >= 0.3 is 0 Å². The molecule has 0 aliphatic rings. The zero-order valence-corrected chi connectivity index (χ0v) is 14.0. The fourth-order valence-electron chi connectivity index (χ4n) is 2.28. The third-order valence-corrected chi connectivity index (χ3v) is 4.18. The van der Waals surface area contributed by atoms with E-state index in [1.54, 1.807) is 18.2 Å². The molecule has 0 radical (unpaired) electrons. The molecule has 0 spiro atoms. The Balaban J connectivity index is 2.44. The van der Waals surface area contributed by atoms with E-state index in [9.17, 15) is 13.2 Å². The van der Waals surface area contributed by atoms with Gasteiger partial charge in [-0.25, -0.2) is 13.4 Å². The number of pyridine rings is 1. The number of fused-ring (bicyclic) bond motifs is 1. The highest BCUT2D eigenvalue weighted by atomic mass is 32.2. The van der Waals surface area contributed by atoms with Gasteiger partial charge in [-0.3, -0.25) is 9.20 Å². The molecule has 8 heteroatoms. The first-order valence-corrected chi connectivity index (χ1v) is 9.00. The molecule has 0 aliphatic heterocycles. The van der Waals surface area contributed by atoms with E-state index >= 15 is 0 Å². The van der Waals surface area contributed by atoms with E-state index in [1.165, 1.54) is 10.6 Å². The van der Waals surface area contributed by atoms with E-state index in [1.807, 2.05) is 19.9 Å². The van der Waals surface area contributed by atoms with Gasteiger partial charge in [0.1, 0.15) is 6.04 Å². The van der Waals surface area contributed by atoms with Gasteiger partial charge in [0, 0.05) is 12.5 Å². The number of hydrogen-bond donors (Lipinski definition) is 1. The summed E-state index contributed by atoms with van der Waals surface area (Å²) in [5.74, 6) is -0.318. The van der Waals surface area contributed by atoms with Crippen LogP contribution < -0.4 is 5.32 Å². The van der Waals surface area contributed by atoms with Crippen molar-refractivity contribution in [3.05, 3.63) is 30.1 Å². The van der Waals surface area contributed by atoms with Crippen molar-refractivity contribution < 1.29 is 13.2 Å². The van der Waals surface area contributed by atoms with Gasteiger partial charge in [0.2, 0.25) is 15.0 Å². The molecular weight excluding hydrogens is 316 g/mol. The van der Waals surface area contributed by atoms with Crippen LogP contribution in [0.5, 0.6) is 0 Å². The van der Waals surface area contributed by atoms with Crippen molar-refractivity contribution >= 4 is 21.3 Å². The lowest BCUT2D eigenvalue weighted by Gasteiger charge is -2.12. The summed E-state index contributed by atoms with van der Waals surface area (Å²) in [6, 6.07) is 6.34. The van der Waals surface area contributed by atoms with E-state index in [2.05, 4.69) is 10.3 Å². The topological polar surface area (TPSA) is 104 Å². The summed E-state index contributed by atoms with van der Waals surface area (Å²) < 4.78 is 25.0. The summed E-state index contributed by atoms with van der Waals surface area (Å²) in [7, 11) is -3.59. The van der Waals surface area contributed by atoms with Crippen LogP contribution in [0.4, 0.5) is 0 Å². The van der Waals surface area contributed by atoms with Gasteiger partial charge in [-0.15, -0.1) is 0 Å². The molecule has 0 fully saturated rings. The molecule has 2 aromatic rings. The monoisotopic (exact) mass is 334 g/mol. The molecule has 0 bridgehead atoms. The van der Waals surface area contributed by atoms with Gasteiger partial charge in [0.25, 0.3) is 5.91 Å². The number of nitriles is 1. The molecule has 7 nitrogen and oxygen atoms in total. The molecule has 0 saturated heterocycles. The van der Waals surface area contributed by atoms with Crippen LogP contribution in [0.2, 0.25) is 0 Å². The Morgan fingerprint density at radius 2 is 2.13 bits per heavy atom. The first-order valence-electron chi connectivity index (χ1n) is 7.11. The third kappa shape index (κ3) is 3.68. The van der Waals surface area contributed by atoms with Crippen LogP contribution in [0.25, 0.3) is 5.52 Å². The molecule has 1 amide bonds. The molecule has 1 N–H and O–H groups in total. The van der Waals surface area contributed by atoms with Gasteiger partial charge in [0.15, 0.2) is 5.69 Å². The number of rotatable bonds is 5. The molecule has 0 unspecified atom stereocenters. The van der Waals surface area contributed by atoms with Crippen molar-refractivity contribution in [2.24, 2.45) is 5.92 Å². The van der Waals surface area contributed by atoms with Crippen LogP contribution >= 0.6 is 0 Å². The van der Waals surface area contributed by atoms with E-state index < -0.39 is 21.8 Å². The molecule has 2 heterocycles. The summed E-state index contributed by atoms with van der Waals surface area (Å²) in [5, 5.41) is 11.5. The van der Waals surface area contributed by atoms with Gasteiger partial charge < -0.3 is 5.32 Å². The quantitative estimate of drug-likeness (QED) is 0.890. The predicted octanol–water partition coefficient (Wildman–Crippen LogP) is 1.41. The molecule has 2 aromatic heterocycles. The predicted molar refractivity (Wildman–Crippen MR) is 84.6 cm³/mol. The average molecular weight is 334 g/mol. The van der Waals surface area contributed by atoms with E-state index in [0.29, 0.717) is 11.9 Å². The number of amides is 1. The average Bonchev–Trinajstić information content (AvgIpc) is 2.85. The molecule has 23 heavy (non-hydrogen) atoms. The zero-order chi connectivity index (χ0) is 17.2. The Labute approximate surface area is 134 Å². The zero-order valence-electron chi connectivity index (χ0n) is 13.1. The van der Waals surface area contributed by atoms with Crippen molar-refractivity contribution in [2.45, 2.75) is 31.5 Å². The first-order chi connectivity index (χ1) is 10.7. The largest absolute Gasteiger partial charge is 0.335 e. The number of carbonyl (C=O) groups excluding carboxylic acids is 1. The van der Waals surface area contributed by atoms with Crippen LogP contribution in [-0.4, -0.2) is 36.0 Å². The Morgan fingerprint density at radius 1 is 1.43 bits per heavy atom. The number of nitrogens with zero attached hydrogens (tertiary/aromatic N) is 3. The van der Waals surface area contributed by atoms with E-state index in [-0.39, 0.29) is 16.8 Å². The van der Waals surface area contributed by atoms with E-state index in [4.69, 9.17) is 5.26 Å². The highest BCUT2D eigenvalue weighted by Crippen LogP contribution is 2.17. The third-order valence-electron chi connectivity index (χ3n) is 3.23. The smallest absolute Gasteiger partial charge is 0.273 e. The highest BCUT2D eigenvalue weighted by Gasteiger charge is 2.24. The summed E-state index contributed by atoms with van der Waals surface area (Å²) in [4.78, 5) is 16.4. The van der Waals surface area contributed by atoms with Gasteiger partial charge in [0.05, 0.1) is 11.6 Å². The van der Waals surface area contributed by atoms with Crippen LogP contribution in [0.1, 0.15) is 30.8 Å². The lowest BCUT2D eigenvalue weighted by atomic mass is 10.0. The second kappa shape index (κ2) is 6.38. The normalized spacial score (nSPS) is 13.0. The van der Waals surface area contributed by atoms with Crippen LogP contribution in [0.15, 0.2) is 29.6 Å². The highest BCUT2D eigenvalue weighted by molar-refractivity contribution is 7.90. The Morgan fingerprint density at radius 3 is 2.70 bits per heavy atom. The second-order valence-electron chi connectivity index (χ2n) is 5.76. The SMILES string of the molecule is CC(C)C[C@@H](C#N)NC(=O)c1nc(S(C)(=O)=O)n2ccccc12. The van der Waals surface area contributed by atoms with Crippen molar-refractivity contribution in [1.29, 1.82) is 5.26 Å². The van der Waals surface area contributed by atoms with Gasteiger partial charge in [-0.05, 0) is 24.5 Å². The van der Waals surface area contributed by atoms with Crippen molar-refractivity contribution in [3.63, 3.8) is 0 Å². The Bertz CT molecular complexity index is 878.